The van der Waals surface area contributed by atoms with Crippen LogP contribution >= 0.6 is 24.0 Å². The van der Waals surface area contributed by atoms with Crippen molar-refractivity contribution in [3.05, 3.63) is 78.3 Å². The van der Waals surface area contributed by atoms with Gasteiger partial charge in [0.05, 0.1) is 27.0 Å². The van der Waals surface area contributed by atoms with Crippen LogP contribution in [0.15, 0.2) is 76.3 Å². The molecule has 6 nitrogen and oxygen atoms in total. The summed E-state index contributed by atoms with van der Waals surface area (Å²) in [4.78, 5) is 4.70. The quantitative estimate of drug-likeness (QED) is 0.263. The van der Waals surface area contributed by atoms with Gasteiger partial charge in [-0.05, 0) is 29.8 Å². The number of halogens is 1. The first-order valence-electron chi connectivity index (χ1n) is 9.12. The van der Waals surface area contributed by atoms with E-state index in [9.17, 15) is 0 Å². The lowest BCUT2D eigenvalue weighted by molar-refractivity contribution is 0.355. The van der Waals surface area contributed by atoms with Crippen LogP contribution in [0.25, 0.3) is 0 Å². The van der Waals surface area contributed by atoms with E-state index in [2.05, 4.69) is 22.8 Å². The highest BCUT2D eigenvalue weighted by Gasteiger charge is 2.07. The number of furan rings is 1. The molecule has 0 aliphatic rings. The number of aliphatic imine (C=N–C) groups is 1. The summed E-state index contributed by atoms with van der Waals surface area (Å²) in [6, 6.07) is 19.6. The van der Waals surface area contributed by atoms with Crippen LogP contribution in [-0.4, -0.2) is 26.7 Å². The molecule has 2 aromatic carbocycles. The Hall–Kier alpha value is -2.68. The largest absolute Gasteiger partial charge is 0.493 e. The van der Waals surface area contributed by atoms with Crippen molar-refractivity contribution in [2.75, 3.05) is 26.1 Å². The summed E-state index contributed by atoms with van der Waals surface area (Å²) in [5, 5.41) is 6.68. The fraction of sp³-hybridized carbons (Fsp3) is 0.227. The Morgan fingerprint density at radius 3 is 2.45 bits per heavy atom. The van der Waals surface area contributed by atoms with Crippen molar-refractivity contribution in [1.29, 1.82) is 0 Å². The number of anilines is 1. The number of rotatable bonds is 8. The smallest absolute Gasteiger partial charge is 0.196 e. The van der Waals surface area contributed by atoms with E-state index in [1.807, 2.05) is 48.5 Å². The summed E-state index contributed by atoms with van der Waals surface area (Å²) in [5.74, 6) is 2.95. The molecule has 3 aromatic rings. The molecule has 0 atom stereocenters. The standard InChI is InChI=1S/C22H25N3O3.HI/c1-26-20-11-10-18(15-21(20)27-2)25-22(23-13-12-19-9-6-14-28-19)24-16-17-7-4-3-5-8-17;/h3-11,14-15H,12-13,16H2,1-2H3,(H2,23,24,25);1H. The highest BCUT2D eigenvalue weighted by Crippen LogP contribution is 2.29. The first-order valence-corrected chi connectivity index (χ1v) is 9.12. The highest BCUT2D eigenvalue weighted by atomic mass is 127. The number of guanidine groups is 1. The highest BCUT2D eigenvalue weighted by molar-refractivity contribution is 14.0. The van der Waals surface area contributed by atoms with Crippen molar-refractivity contribution in [1.82, 2.24) is 5.32 Å². The van der Waals surface area contributed by atoms with Gasteiger partial charge in [0.2, 0.25) is 0 Å². The van der Waals surface area contributed by atoms with Gasteiger partial charge in [-0.3, -0.25) is 0 Å². The molecular formula is C22H26IN3O3. The maximum absolute atomic E-state index is 5.39. The van der Waals surface area contributed by atoms with Gasteiger partial charge in [-0.1, -0.05) is 30.3 Å². The van der Waals surface area contributed by atoms with E-state index < -0.39 is 0 Å². The van der Waals surface area contributed by atoms with Crippen molar-refractivity contribution in [2.24, 2.45) is 4.99 Å². The van der Waals surface area contributed by atoms with Crippen LogP contribution in [0.3, 0.4) is 0 Å². The maximum atomic E-state index is 5.39. The number of ether oxygens (including phenoxy) is 2. The molecule has 0 radical (unpaired) electrons. The molecule has 0 saturated carbocycles. The van der Waals surface area contributed by atoms with Crippen molar-refractivity contribution in [2.45, 2.75) is 13.0 Å². The molecule has 0 bridgehead atoms. The van der Waals surface area contributed by atoms with Crippen LogP contribution < -0.4 is 20.1 Å². The van der Waals surface area contributed by atoms with Gasteiger partial charge < -0.3 is 24.5 Å². The molecule has 0 fully saturated rings. The molecule has 0 aliphatic carbocycles. The minimum atomic E-state index is 0. The molecule has 154 valence electrons. The Kier molecular flexibility index (Phi) is 9.36. The van der Waals surface area contributed by atoms with E-state index in [4.69, 9.17) is 18.9 Å². The Morgan fingerprint density at radius 2 is 1.76 bits per heavy atom. The van der Waals surface area contributed by atoms with E-state index in [0.717, 1.165) is 23.4 Å². The number of hydrogen-bond donors (Lipinski definition) is 2. The summed E-state index contributed by atoms with van der Waals surface area (Å²) in [7, 11) is 3.24. The second-order valence-electron chi connectivity index (χ2n) is 6.10. The molecule has 0 saturated heterocycles. The van der Waals surface area contributed by atoms with Crippen LogP contribution in [0.1, 0.15) is 11.3 Å². The number of nitrogens with zero attached hydrogens (tertiary/aromatic N) is 1. The molecular weight excluding hydrogens is 481 g/mol. The summed E-state index contributed by atoms with van der Waals surface area (Å²) in [6.07, 6.45) is 2.45. The second-order valence-corrected chi connectivity index (χ2v) is 6.10. The van der Waals surface area contributed by atoms with Gasteiger partial charge in [-0.2, -0.15) is 0 Å². The third-order valence-electron chi connectivity index (χ3n) is 4.15. The zero-order valence-electron chi connectivity index (χ0n) is 16.6. The van der Waals surface area contributed by atoms with E-state index in [-0.39, 0.29) is 24.0 Å². The van der Waals surface area contributed by atoms with Crippen molar-refractivity contribution in [3.63, 3.8) is 0 Å². The molecule has 1 heterocycles. The minimum absolute atomic E-state index is 0. The van der Waals surface area contributed by atoms with E-state index in [1.54, 1.807) is 20.5 Å². The van der Waals surface area contributed by atoms with Crippen LogP contribution in [0.4, 0.5) is 5.69 Å². The van der Waals surface area contributed by atoms with Crippen LogP contribution in [0.5, 0.6) is 11.5 Å². The number of benzene rings is 2. The summed E-state index contributed by atoms with van der Waals surface area (Å²) in [5.41, 5.74) is 2.00. The minimum Gasteiger partial charge on any atom is -0.493 e. The van der Waals surface area contributed by atoms with Crippen LogP contribution in [-0.2, 0) is 13.0 Å². The number of nitrogens with one attached hydrogen (secondary N) is 2. The molecule has 0 amide bonds. The zero-order chi connectivity index (χ0) is 19.6. The Bertz CT molecular complexity index is 884. The fourth-order valence-corrected chi connectivity index (χ4v) is 2.70. The van der Waals surface area contributed by atoms with Gasteiger partial charge in [-0.15, -0.1) is 24.0 Å². The van der Waals surface area contributed by atoms with E-state index in [0.29, 0.717) is 30.5 Å². The second kappa shape index (κ2) is 12.0. The first kappa shape index (κ1) is 22.6. The average molecular weight is 507 g/mol. The van der Waals surface area contributed by atoms with E-state index in [1.165, 1.54) is 0 Å². The lowest BCUT2D eigenvalue weighted by atomic mass is 10.2. The summed E-state index contributed by atoms with van der Waals surface area (Å²) >= 11 is 0. The van der Waals surface area contributed by atoms with Gasteiger partial charge in [0.25, 0.3) is 0 Å². The van der Waals surface area contributed by atoms with Gasteiger partial charge in [-0.25, -0.2) is 4.99 Å². The zero-order valence-corrected chi connectivity index (χ0v) is 18.9. The van der Waals surface area contributed by atoms with Crippen molar-refractivity contribution >= 4 is 35.6 Å². The predicted molar refractivity (Wildman–Crippen MR) is 127 cm³/mol. The molecule has 0 aliphatic heterocycles. The SMILES string of the molecule is COc1ccc(NC(=NCc2ccccc2)NCCc2ccco2)cc1OC.I. The van der Waals surface area contributed by atoms with Gasteiger partial charge >= 0.3 is 0 Å². The van der Waals surface area contributed by atoms with Crippen molar-refractivity contribution < 1.29 is 13.9 Å². The van der Waals surface area contributed by atoms with Gasteiger partial charge in [0.1, 0.15) is 5.76 Å². The average Bonchev–Trinajstić information content (AvgIpc) is 3.26. The van der Waals surface area contributed by atoms with Gasteiger partial charge in [0, 0.05) is 24.7 Å². The van der Waals surface area contributed by atoms with E-state index >= 15 is 0 Å². The molecule has 2 N–H and O–H groups in total. The summed E-state index contributed by atoms with van der Waals surface area (Å²) < 4.78 is 16.1. The lowest BCUT2D eigenvalue weighted by Crippen LogP contribution is -2.32. The number of hydrogen-bond acceptors (Lipinski definition) is 4. The first-order chi connectivity index (χ1) is 13.8. The molecule has 1 aromatic heterocycles. The Morgan fingerprint density at radius 1 is 0.966 bits per heavy atom. The van der Waals surface area contributed by atoms with Gasteiger partial charge in [0.15, 0.2) is 17.5 Å². The summed E-state index contributed by atoms with van der Waals surface area (Å²) in [6.45, 7) is 1.27. The van der Waals surface area contributed by atoms with Crippen LogP contribution in [0, 0.1) is 0 Å². The molecule has 0 spiro atoms. The third kappa shape index (κ3) is 7.01. The molecule has 29 heavy (non-hydrogen) atoms. The lowest BCUT2D eigenvalue weighted by Gasteiger charge is -2.14. The third-order valence-corrected chi connectivity index (χ3v) is 4.15. The monoisotopic (exact) mass is 507 g/mol. The Balaban J connectivity index is 0.00000300. The fourth-order valence-electron chi connectivity index (χ4n) is 2.70. The normalized spacial score (nSPS) is 10.8. The Labute approximate surface area is 188 Å². The predicted octanol–water partition coefficient (Wildman–Crippen LogP) is 4.72. The number of methoxy groups -OCH3 is 2. The molecule has 7 heteroatoms. The van der Waals surface area contributed by atoms with Crippen LogP contribution in [0.2, 0.25) is 0 Å². The topological polar surface area (TPSA) is 68.0 Å². The molecule has 0 unspecified atom stereocenters. The van der Waals surface area contributed by atoms with Crippen molar-refractivity contribution in [3.8, 4) is 11.5 Å². The maximum Gasteiger partial charge on any atom is 0.196 e. The molecule has 3 rings (SSSR count).